The van der Waals surface area contributed by atoms with Gasteiger partial charge in [0.25, 0.3) is 0 Å². The highest BCUT2D eigenvalue weighted by Crippen LogP contribution is 2.21. The van der Waals surface area contributed by atoms with Gasteiger partial charge in [0, 0.05) is 4.47 Å². The summed E-state index contributed by atoms with van der Waals surface area (Å²) < 4.78 is 13.4. The van der Waals surface area contributed by atoms with Crippen LogP contribution in [0.25, 0.3) is 0 Å². The van der Waals surface area contributed by atoms with Crippen LogP contribution in [-0.2, 0) is 0 Å². The second-order valence-corrected chi connectivity index (χ2v) is 3.51. The second-order valence-electron chi connectivity index (χ2n) is 2.66. The highest BCUT2D eigenvalue weighted by Gasteiger charge is 2.06. The largest absolute Gasteiger partial charge is 0.223 e. The van der Waals surface area contributed by atoms with Crippen LogP contribution < -0.4 is 0 Å². The fourth-order valence-electron chi connectivity index (χ4n) is 0.838. The normalized spacial score (nSPS) is 10.6. The van der Waals surface area contributed by atoms with Gasteiger partial charge in [-0.15, -0.1) is 0 Å². The molecule has 0 aliphatic carbocycles. The molecule has 0 radical (unpaired) electrons. The molecule has 0 N–H and O–H groups in total. The van der Waals surface area contributed by atoms with Gasteiger partial charge < -0.3 is 0 Å². The van der Waals surface area contributed by atoms with Gasteiger partial charge in [-0.1, -0.05) is 13.8 Å². The summed E-state index contributed by atoms with van der Waals surface area (Å²) >= 11 is 3.30. The Morgan fingerprint density at radius 2 is 2.09 bits per heavy atom. The van der Waals surface area contributed by atoms with Crippen molar-refractivity contribution < 1.29 is 4.39 Å². The van der Waals surface area contributed by atoms with Crippen molar-refractivity contribution in [3.63, 3.8) is 0 Å². The third-order valence-electron chi connectivity index (χ3n) is 1.39. The number of rotatable bonds is 1. The van der Waals surface area contributed by atoms with Gasteiger partial charge in [-0.2, -0.15) is 4.39 Å². The molecule has 0 saturated carbocycles. The van der Waals surface area contributed by atoms with E-state index in [1.54, 1.807) is 6.07 Å². The zero-order chi connectivity index (χ0) is 8.43. The molecule has 0 aromatic carbocycles. The molecule has 1 nitrogen and oxygen atoms in total. The van der Waals surface area contributed by atoms with Gasteiger partial charge in [-0.05, 0) is 34.0 Å². The highest BCUT2D eigenvalue weighted by atomic mass is 79.9. The minimum atomic E-state index is -0.420. The van der Waals surface area contributed by atoms with Crippen molar-refractivity contribution in [2.75, 3.05) is 0 Å². The Balaban J connectivity index is 3.13. The first kappa shape index (κ1) is 8.65. The molecule has 1 aromatic rings. The molecule has 0 bridgehead atoms. The molecule has 0 spiro atoms. The van der Waals surface area contributed by atoms with E-state index in [9.17, 15) is 4.39 Å². The molecule has 1 heterocycles. The number of nitrogens with zero attached hydrogens (tertiary/aromatic N) is 1. The van der Waals surface area contributed by atoms with E-state index in [0.29, 0.717) is 0 Å². The van der Waals surface area contributed by atoms with Crippen LogP contribution in [0, 0.1) is 5.95 Å². The van der Waals surface area contributed by atoms with Crippen molar-refractivity contribution in [1.29, 1.82) is 0 Å². The van der Waals surface area contributed by atoms with Gasteiger partial charge in [-0.3, -0.25) is 0 Å². The first-order valence-electron chi connectivity index (χ1n) is 3.43. The lowest BCUT2D eigenvalue weighted by Gasteiger charge is -2.05. The highest BCUT2D eigenvalue weighted by molar-refractivity contribution is 9.10. The van der Waals surface area contributed by atoms with Crippen LogP contribution in [0.2, 0.25) is 0 Å². The van der Waals surface area contributed by atoms with Crippen LogP contribution in [0.5, 0.6) is 0 Å². The number of hydrogen-bond donors (Lipinski definition) is 0. The standard InChI is InChI=1S/C8H9BrFN/c1-5(2)8-6(9)3-4-7(10)11-8/h3-5H,1-2H3. The summed E-state index contributed by atoms with van der Waals surface area (Å²) in [5.74, 6) is -0.169. The maximum absolute atomic E-state index is 12.6. The third-order valence-corrected chi connectivity index (χ3v) is 2.06. The Bertz CT molecular complexity index is 260. The molecule has 0 aliphatic heterocycles. The Labute approximate surface area is 73.8 Å². The maximum atomic E-state index is 12.6. The lowest BCUT2D eigenvalue weighted by molar-refractivity contribution is 0.570. The van der Waals surface area contributed by atoms with Gasteiger partial charge in [0.1, 0.15) is 0 Å². The van der Waals surface area contributed by atoms with Gasteiger partial charge in [0.2, 0.25) is 5.95 Å². The molecule has 0 saturated heterocycles. The second kappa shape index (κ2) is 3.30. The molecule has 1 rings (SSSR count). The van der Waals surface area contributed by atoms with E-state index in [-0.39, 0.29) is 5.92 Å². The van der Waals surface area contributed by atoms with Crippen molar-refractivity contribution in [2.24, 2.45) is 0 Å². The molecule has 11 heavy (non-hydrogen) atoms. The molecular weight excluding hydrogens is 209 g/mol. The van der Waals surface area contributed by atoms with E-state index in [2.05, 4.69) is 20.9 Å². The van der Waals surface area contributed by atoms with Crippen molar-refractivity contribution in [3.8, 4) is 0 Å². The van der Waals surface area contributed by atoms with Crippen LogP contribution in [0.1, 0.15) is 25.5 Å². The van der Waals surface area contributed by atoms with Crippen LogP contribution >= 0.6 is 15.9 Å². The average molecular weight is 218 g/mol. The van der Waals surface area contributed by atoms with E-state index >= 15 is 0 Å². The molecular formula is C8H9BrFN. The Morgan fingerprint density at radius 1 is 1.45 bits per heavy atom. The van der Waals surface area contributed by atoms with E-state index in [0.717, 1.165) is 10.2 Å². The van der Waals surface area contributed by atoms with Crippen LogP contribution in [0.4, 0.5) is 4.39 Å². The molecule has 0 fully saturated rings. The Kier molecular flexibility index (Phi) is 2.60. The predicted octanol–water partition coefficient (Wildman–Crippen LogP) is 3.11. The first-order valence-corrected chi connectivity index (χ1v) is 4.22. The molecule has 0 unspecified atom stereocenters. The summed E-state index contributed by atoms with van der Waals surface area (Å²) in [4.78, 5) is 3.76. The van der Waals surface area contributed by atoms with Gasteiger partial charge in [0.15, 0.2) is 0 Å². The van der Waals surface area contributed by atoms with Gasteiger partial charge in [-0.25, -0.2) is 4.98 Å². The summed E-state index contributed by atoms with van der Waals surface area (Å²) in [6, 6.07) is 3.02. The maximum Gasteiger partial charge on any atom is 0.213 e. The molecule has 0 amide bonds. The summed E-state index contributed by atoms with van der Waals surface area (Å²) in [6.45, 7) is 3.96. The Morgan fingerprint density at radius 3 is 2.55 bits per heavy atom. The molecule has 0 atom stereocenters. The first-order chi connectivity index (χ1) is 5.11. The molecule has 60 valence electrons. The lowest BCUT2D eigenvalue weighted by Crippen LogP contribution is -1.95. The zero-order valence-electron chi connectivity index (χ0n) is 6.44. The van der Waals surface area contributed by atoms with Crippen molar-refractivity contribution in [1.82, 2.24) is 4.98 Å². The summed E-state index contributed by atoms with van der Waals surface area (Å²) in [6.07, 6.45) is 0. The van der Waals surface area contributed by atoms with Crippen molar-refractivity contribution >= 4 is 15.9 Å². The van der Waals surface area contributed by atoms with Gasteiger partial charge >= 0.3 is 0 Å². The quantitative estimate of drug-likeness (QED) is 0.660. The van der Waals surface area contributed by atoms with E-state index in [1.165, 1.54) is 6.07 Å². The predicted molar refractivity (Wildman–Crippen MR) is 46.0 cm³/mol. The topological polar surface area (TPSA) is 12.9 Å². The number of hydrogen-bond acceptors (Lipinski definition) is 1. The SMILES string of the molecule is CC(C)c1nc(F)ccc1Br. The number of aromatic nitrogens is 1. The van der Waals surface area contributed by atoms with Crippen molar-refractivity contribution in [3.05, 3.63) is 28.2 Å². The van der Waals surface area contributed by atoms with Crippen LogP contribution in [0.3, 0.4) is 0 Å². The Hall–Kier alpha value is -0.440. The fraction of sp³-hybridized carbons (Fsp3) is 0.375. The summed E-state index contributed by atoms with van der Waals surface area (Å²) in [7, 11) is 0. The van der Waals surface area contributed by atoms with Crippen LogP contribution in [0.15, 0.2) is 16.6 Å². The third kappa shape index (κ3) is 1.99. The minimum absolute atomic E-state index is 0.250. The number of pyridine rings is 1. The van der Waals surface area contributed by atoms with E-state index in [1.807, 2.05) is 13.8 Å². The average Bonchev–Trinajstić information content (AvgIpc) is 1.94. The molecule has 1 aromatic heterocycles. The fourth-order valence-corrected chi connectivity index (χ4v) is 1.52. The minimum Gasteiger partial charge on any atom is -0.223 e. The monoisotopic (exact) mass is 217 g/mol. The molecule has 0 aliphatic rings. The zero-order valence-corrected chi connectivity index (χ0v) is 8.02. The summed E-state index contributed by atoms with van der Waals surface area (Å²) in [5.41, 5.74) is 0.769. The number of halogens is 2. The van der Waals surface area contributed by atoms with Gasteiger partial charge in [0.05, 0.1) is 5.69 Å². The van der Waals surface area contributed by atoms with Crippen molar-refractivity contribution in [2.45, 2.75) is 19.8 Å². The molecule has 3 heteroatoms. The van der Waals surface area contributed by atoms with Crippen LogP contribution in [-0.4, -0.2) is 4.98 Å². The van der Waals surface area contributed by atoms with E-state index < -0.39 is 5.95 Å². The lowest BCUT2D eigenvalue weighted by atomic mass is 10.1. The van der Waals surface area contributed by atoms with E-state index in [4.69, 9.17) is 0 Å². The smallest absolute Gasteiger partial charge is 0.213 e. The summed E-state index contributed by atoms with van der Waals surface area (Å²) in [5, 5.41) is 0.